The normalized spacial score (nSPS) is 11.1. The van der Waals surface area contributed by atoms with Gasteiger partial charge < -0.3 is 21.3 Å². The van der Waals surface area contributed by atoms with Crippen molar-refractivity contribution in [2.24, 2.45) is 0 Å². The van der Waals surface area contributed by atoms with E-state index in [1.807, 2.05) is 36.4 Å². The summed E-state index contributed by atoms with van der Waals surface area (Å²) in [5.74, 6) is 0. The molecule has 0 aliphatic rings. The van der Waals surface area contributed by atoms with Crippen LogP contribution in [0.15, 0.2) is 109 Å². The molecule has 0 fully saturated rings. The minimum atomic E-state index is 0.461. The molecule has 0 heterocycles. The number of rotatable bonds is 9. The van der Waals surface area contributed by atoms with Crippen LogP contribution in [0.25, 0.3) is 0 Å². The summed E-state index contributed by atoms with van der Waals surface area (Å²) >= 11 is 0. The first-order chi connectivity index (χ1) is 17.0. The van der Waals surface area contributed by atoms with E-state index in [-0.39, 0.29) is 0 Å². The molecule has 4 heteroatoms. The van der Waals surface area contributed by atoms with Gasteiger partial charge in [-0.2, -0.15) is 0 Å². The van der Waals surface area contributed by atoms with Crippen molar-refractivity contribution < 1.29 is 0 Å². The Bertz CT molecular complexity index is 1090. The molecule has 0 spiro atoms. The summed E-state index contributed by atoms with van der Waals surface area (Å²) in [5, 5.41) is 13.6. The largest absolute Gasteiger partial charge is 0.383 e. The molecule has 4 N–H and O–H groups in total. The van der Waals surface area contributed by atoms with E-state index in [1.54, 1.807) is 0 Å². The predicted molar refractivity (Wildman–Crippen MR) is 154 cm³/mol. The van der Waals surface area contributed by atoms with Gasteiger partial charge in [0, 0.05) is 46.2 Å². The molecule has 1 unspecified atom stereocenters. The van der Waals surface area contributed by atoms with Crippen LogP contribution in [0.3, 0.4) is 0 Å². The van der Waals surface area contributed by atoms with Gasteiger partial charge in [0.1, 0.15) is 0 Å². The first kappa shape index (κ1) is 25.7. The lowest BCUT2D eigenvalue weighted by molar-refractivity contribution is 0.764. The zero-order chi connectivity index (χ0) is 24.9. The summed E-state index contributed by atoms with van der Waals surface area (Å²) in [6.07, 6.45) is 1.13. The zero-order valence-electron chi connectivity index (χ0n) is 21.3. The summed E-state index contributed by atoms with van der Waals surface area (Å²) < 4.78 is 0. The maximum atomic E-state index is 3.45. The lowest BCUT2D eigenvalue weighted by atomic mass is 10.2. The third-order valence-electron chi connectivity index (χ3n) is 5.38. The fourth-order valence-electron chi connectivity index (χ4n) is 3.40. The van der Waals surface area contributed by atoms with Gasteiger partial charge in [0.25, 0.3) is 0 Å². The SMILES string of the molecule is CC(C)Nc1ccc(Nc2ccccc2)cc1.CCC(C)Nc1ccc(Nc2ccccc2)cc1. The molecule has 4 aromatic rings. The highest BCUT2D eigenvalue weighted by atomic mass is 14.9. The predicted octanol–water partition coefficient (Wildman–Crippen LogP) is 8.89. The molecule has 4 aromatic carbocycles. The van der Waals surface area contributed by atoms with Crippen molar-refractivity contribution in [1.29, 1.82) is 0 Å². The molecule has 35 heavy (non-hydrogen) atoms. The summed E-state index contributed by atoms with van der Waals surface area (Å²) in [7, 11) is 0. The van der Waals surface area contributed by atoms with Crippen LogP contribution in [0.5, 0.6) is 0 Å². The van der Waals surface area contributed by atoms with Crippen molar-refractivity contribution in [3.05, 3.63) is 109 Å². The number of hydrogen-bond donors (Lipinski definition) is 4. The summed E-state index contributed by atoms with van der Waals surface area (Å²) in [5.41, 5.74) is 6.75. The monoisotopic (exact) mass is 466 g/mol. The molecule has 0 saturated heterocycles. The van der Waals surface area contributed by atoms with Crippen LogP contribution in [0.2, 0.25) is 0 Å². The molecular formula is C31H38N4. The van der Waals surface area contributed by atoms with Gasteiger partial charge in [-0.05, 0) is 100.0 Å². The first-order valence-electron chi connectivity index (χ1n) is 12.4. The van der Waals surface area contributed by atoms with Gasteiger partial charge >= 0.3 is 0 Å². The first-order valence-corrected chi connectivity index (χ1v) is 12.4. The number of benzene rings is 4. The quantitative estimate of drug-likeness (QED) is 0.199. The molecule has 0 radical (unpaired) electrons. The number of anilines is 6. The molecule has 4 rings (SSSR count). The van der Waals surface area contributed by atoms with Crippen molar-refractivity contribution >= 4 is 34.1 Å². The zero-order valence-corrected chi connectivity index (χ0v) is 21.3. The second kappa shape index (κ2) is 13.7. The third kappa shape index (κ3) is 9.46. The fraction of sp³-hybridized carbons (Fsp3) is 0.226. The Morgan fingerprint density at radius 1 is 0.457 bits per heavy atom. The molecular weight excluding hydrogens is 428 g/mol. The van der Waals surface area contributed by atoms with Gasteiger partial charge in [-0.25, -0.2) is 0 Å². The van der Waals surface area contributed by atoms with E-state index in [0.29, 0.717) is 12.1 Å². The van der Waals surface area contributed by atoms with Gasteiger partial charge in [-0.15, -0.1) is 0 Å². The van der Waals surface area contributed by atoms with Crippen LogP contribution in [0, 0.1) is 0 Å². The van der Waals surface area contributed by atoms with E-state index in [9.17, 15) is 0 Å². The molecule has 0 aliphatic carbocycles. The summed E-state index contributed by atoms with van der Waals surface area (Å²) in [4.78, 5) is 0. The topological polar surface area (TPSA) is 48.1 Å². The second-order valence-electron chi connectivity index (χ2n) is 8.89. The number of para-hydroxylation sites is 2. The van der Waals surface area contributed by atoms with Crippen LogP contribution in [-0.4, -0.2) is 12.1 Å². The van der Waals surface area contributed by atoms with Gasteiger partial charge in [0.15, 0.2) is 0 Å². The molecule has 0 bridgehead atoms. The average molecular weight is 467 g/mol. The van der Waals surface area contributed by atoms with Gasteiger partial charge in [-0.3, -0.25) is 0 Å². The minimum absolute atomic E-state index is 0.461. The van der Waals surface area contributed by atoms with E-state index < -0.39 is 0 Å². The van der Waals surface area contributed by atoms with Crippen LogP contribution in [0.4, 0.5) is 34.1 Å². The maximum absolute atomic E-state index is 3.45. The second-order valence-corrected chi connectivity index (χ2v) is 8.89. The highest BCUT2D eigenvalue weighted by molar-refractivity contribution is 5.63. The van der Waals surface area contributed by atoms with Crippen LogP contribution >= 0.6 is 0 Å². The highest BCUT2D eigenvalue weighted by Gasteiger charge is 1.99. The lowest BCUT2D eigenvalue weighted by Crippen LogP contribution is -2.13. The van der Waals surface area contributed by atoms with Gasteiger partial charge in [0.05, 0.1) is 0 Å². The Hall–Kier alpha value is -3.92. The Labute approximate surface area is 210 Å². The van der Waals surface area contributed by atoms with Crippen LogP contribution in [-0.2, 0) is 0 Å². The molecule has 4 nitrogen and oxygen atoms in total. The lowest BCUT2D eigenvalue weighted by Gasteiger charge is -2.13. The standard InChI is InChI=1S/C16H20N2.C15H18N2/c1-3-13(2)17-15-9-11-16(12-10-15)18-14-7-5-4-6-8-14;1-12(2)16-14-8-10-15(11-9-14)17-13-6-4-3-5-7-13/h4-13,17-18H,3H2,1-2H3;3-12,16-17H,1-2H3. The Kier molecular flexibility index (Phi) is 10.1. The highest BCUT2D eigenvalue weighted by Crippen LogP contribution is 2.20. The van der Waals surface area contributed by atoms with Crippen molar-refractivity contribution in [2.75, 3.05) is 21.3 Å². The van der Waals surface area contributed by atoms with E-state index in [0.717, 1.165) is 34.9 Å². The van der Waals surface area contributed by atoms with E-state index >= 15 is 0 Å². The Balaban J connectivity index is 0.000000196. The van der Waals surface area contributed by atoms with Gasteiger partial charge in [-0.1, -0.05) is 43.3 Å². The summed E-state index contributed by atoms with van der Waals surface area (Å²) in [6.45, 7) is 8.64. The minimum Gasteiger partial charge on any atom is -0.383 e. The van der Waals surface area contributed by atoms with Crippen LogP contribution < -0.4 is 21.3 Å². The Morgan fingerprint density at radius 2 is 0.800 bits per heavy atom. The number of nitrogens with one attached hydrogen (secondary N) is 4. The fourth-order valence-corrected chi connectivity index (χ4v) is 3.40. The van der Waals surface area contributed by atoms with Crippen molar-refractivity contribution in [2.45, 2.75) is 46.2 Å². The molecule has 0 amide bonds. The van der Waals surface area contributed by atoms with E-state index in [1.165, 1.54) is 5.69 Å². The van der Waals surface area contributed by atoms with Crippen molar-refractivity contribution in [3.63, 3.8) is 0 Å². The average Bonchev–Trinajstić information content (AvgIpc) is 2.88. The smallest absolute Gasteiger partial charge is 0.0385 e. The molecule has 0 aromatic heterocycles. The molecule has 0 saturated carbocycles. The number of hydrogen-bond acceptors (Lipinski definition) is 4. The third-order valence-corrected chi connectivity index (χ3v) is 5.38. The van der Waals surface area contributed by atoms with E-state index in [2.05, 4.69) is 122 Å². The Morgan fingerprint density at radius 3 is 1.17 bits per heavy atom. The van der Waals surface area contributed by atoms with Crippen molar-refractivity contribution in [1.82, 2.24) is 0 Å². The molecule has 1 atom stereocenters. The molecule has 0 aliphatic heterocycles. The van der Waals surface area contributed by atoms with Crippen molar-refractivity contribution in [3.8, 4) is 0 Å². The summed E-state index contributed by atoms with van der Waals surface area (Å²) in [6, 6.07) is 38.1. The maximum Gasteiger partial charge on any atom is 0.0385 e. The molecule has 182 valence electrons. The van der Waals surface area contributed by atoms with Gasteiger partial charge in [0.2, 0.25) is 0 Å². The van der Waals surface area contributed by atoms with E-state index in [4.69, 9.17) is 0 Å². The van der Waals surface area contributed by atoms with Crippen LogP contribution in [0.1, 0.15) is 34.1 Å².